The maximum absolute atomic E-state index is 5.98. The van der Waals surface area contributed by atoms with Crippen molar-refractivity contribution in [1.82, 2.24) is 0 Å². The number of ether oxygens (including phenoxy) is 7. The van der Waals surface area contributed by atoms with Crippen molar-refractivity contribution in [3.05, 3.63) is 0 Å². The van der Waals surface area contributed by atoms with Crippen molar-refractivity contribution in [1.29, 1.82) is 0 Å². The van der Waals surface area contributed by atoms with E-state index < -0.39 is 0 Å². The van der Waals surface area contributed by atoms with Gasteiger partial charge >= 0.3 is 0 Å². The molecule has 0 radical (unpaired) electrons. The van der Waals surface area contributed by atoms with Gasteiger partial charge in [0.05, 0.1) is 66.1 Å². The number of epoxide rings is 3. The average Bonchev–Trinajstić information content (AvgIpc) is 3.45. The molecule has 0 bridgehead atoms. The molecule has 4 aliphatic rings. The van der Waals surface area contributed by atoms with Gasteiger partial charge in [0.2, 0.25) is 0 Å². The molecule has 4 atom stereocenters. The van der Waals surface area contributed by atoms with Crippen molar-refractivity contribution in [2.24, 2.45) is 17.8 Å². The molecule has 7 heteroatoms. The van der Waals surface area contributed by atoms with E-state index in [-0.39, 0.29) is 30.1 Å². The van der Waals surface area contributed by atoms with Crippen LogP contribution in [0.4, 0.5) is 0 Å². The molecule has 26 heavy (non-hydrogen) atoms. The molecule has 0 spiro atoms. The minimum Gasteiger partial charge on any atom is -0.381 e. The predicted molar refractivity (Wildman–Crippen MR) is 92.2 cm³/mol. The third-order valence-corrected chi connectivity index (χ3v) is 5.16. The van der Waals surface area contributed by atoms with Crippen molar-refractivity contribution in [2.75, 3.05) is 72.7 Å². The third kappa shape index (κ3) is 7.76. The van der Waals surface area contributed by atoms with Crippen LogP contribution in [0.1, 0.15) is 12.8 Å². The number of hydrogen-bond donors (Lipinski definition) is 0. The molecule has 4 unspecified atom stereocenters. The largest absolute Gasteiger partial charge is 0.381 e. The van der Waals surface area contributed by atoms with Gasteiger partial charge in [0.25, 0.3) is 0 Å². The molecular formula is C19H32O7. The van der Waals surface area contributed by atoms with Crippen LogP contribution in [-0.4, -0.2) is 91.0 Å². The van der Waals surface area contributed by atoms with Gasteiger partial charge < -0.3 is 33.2 Å². The Kier molecular flexibility index (Phi) is 7.16. The van der Waals surface area contributed by atoms with Gasteiger partial charge in [-0.15, -0.1) is 0 Å². The Morgan fingerprint density at radius 3 is 1.23 bits per heavy atom. The molecule has 0 aromatic rings. The van der Waals surface area contributed by atoms with E-state index in [1.165, 1.54) is 12.8 Å². The third-order valence-electron chi connectivity index (χ3n) is 5.16. The van der Waals surface area contributed by atoms with Crippen LogP contribution in [0, 0.1) is 17.8 Å². The van der Waals surface area contributed by atoms with Crippen LogP contribution in [0.2, 0.25) is 0 Å². The van der Waals surface area contributed by atoms with Crippen LogP contribution in [0.5, 0.6) is 0 Å². The van der Waals surface area contributed by atoms with E-state index in [0.717, 1.165) is 32.3 Å². The molecule has 7 nitrogen and oxygen atoms in total. The quantitative estimate of drug-likeness (QED) is 0.351. The van der Waals surface area contributed by atoms with Crippen LogP contribution < -0.4 is 0 Å². The van der Waals surface area contributed by atoms with E-state index in [0.29, 0.717) is 46.2 Å². The lowest BCUT2D eigenvalue weighted by atomic mass is 9.95. The van der Waals surface area contributed by atoms with Crippen molar-refractivity contribution >= 4 is 0 Å². The van der Waals surface area contributed by atoms with E-state index in [2.05, 4.69) is 0 Å². The van der Waals surface area contributed by atoms with Gasteiger partial charge in [-0.3, -0.25) is 0 Å². The molecule has 3 aliphatic heterocycles. The number of rotatable bonds is 17. The molecule has 4 fully saturated rings. The molecule has 0 aromatic heterocycles. The lowest BCUT2D eigenvalue weighted by Gasteiger charge is -2.27. The minimum absolute atomic E-state index is 0.242. The zero-order chi connectivity index (χ0) is 17.6. The van der Waals surface area contributed by atoms with Crippen molar-refractivity contribution in [3.8, 4) is 0 Å². The number of hydrogen-bond acceptors (Lipinski definition) is 7. The summed E-state index contributed by atoms with van der Waals surface area (Å²) < 4.78 is 39.3. The highest BCUT2D eigenvalue weighted by molar-refractivity contribution is 4.76. The van der Waals surface area contributed by atoms with Gasteiger partial charge in [-0.25, -0.2) is 0 Å². The summed E-state index contributed by atoms with van der Waals surface area (Å²) in [6.07, 6.45) is 3.46. The van der Waals surface area contributed by atoms with Gasteiger partial charge in [-0.1, -0.05) is 0 Å². The van der Waals surface area contributed by atoms with Gasteiger partial charge in [0.1, 0.15) is 18.3 Å². The Bertz CT molecular complexity index is 331. The van der Waals surface area contributed by atoms with Crippen molar-refractivity contribution < 1.29 is 33.2 Å². The zero-order valence-corrected chi connectivity index (χ0v) is 15.5. The summed E-state index contributed by atoms with van der Waals surface area (Å²) in [7, 11) is 0. The molecule has 1 aliphatic carbocycles. The first kappa shape index (κ1) is 19.1. The standard InChI is InChI=1S/C19H32O7/c1-2-14(1)3-20-4-15(5-21-8-17-11-24-17)16(6-22-9-18-12-25-18)7-23-10-19-13-26-19/h14-19H,1-13H2. The lowest BCUT2D eigenvalue weighted by molar-refractivity contribution is -0.0453. The second-order valence-electron chi connectivity index (χ2n) is 7.98. The Labute approximate surface area is 155 Å². The van der Waals surface area contributed by atoms with Crippen LogP contribution in [0.25, 0.3) is 0 Å². The molecule has 0 aromatic carbocycles. The van der Waals surface area contributed by atoms with E-state index >= 15 is 0 Å². The van der Waals surface area contributed by atoms with E-state index in [9.17, 15) is 0 Å². The van der Waals surface area contributed by atoms with E-state index in [4.69, 9.17) is 33.2 Å². The maximum atomic E-state index is 5.98. The predicted octanol–water partition coefficient (Wildman–Crippen LogP) is 0.892. The Balaban J connectivity index is 1.22. The molecule has 3 heterocycles. The second kappa shape index (κ2) is 9.78. The Morgan fingerprint density at radius 1 is 0.577 bits per heavy atom. The SMILES string of the molecule is C1CC1COCC(COCC1CO1)C(COCC1CO1)COCC1CO1. The van der Waals surface area contributed by atoms with Gasteiger partial charge in [0.15, 0.2) is 0 Å². The van der Waals surface area contributed by atoms with E-state index in [1.54, 1.807) is 0 Å². The highest BCUT2D eigenvalue weighted by Gasteiger charge is 2.30. The molecule has 0 N–H and O–H groups in total. The van der Waals surface area contributed by atoms with Crippen LogP contribution in [-0.2, 0) is 33.2 Å². The molecule has 0 amide bonds. The molecule has 1 saturated carbocycles. The summed E-state index contributed by atoms with van der Waals surface area (Å²) in [4.78, 5) is 0. The molecular weight excluding hydrogens is 340 g/mol. The summed E-state index contributed by atoms with van der Waals surface area (Å²) in [6, 6.07) is 0. The highest BCUT2D eigenvalue weighted by atomic mass is 16.6. The van der Waals surface area contributed by atoms with Crippen molar-refractivity contribution in [3.63, 3.8) is 0 Å². The summed E-state index contributed by atoms with van der Waals surface area (Å²) in [6.45, 7) is 7.95. The fraction of sp³-hybridized carbons (Fsp3) is 1.00. The molecule has 150 valence electrons. The summed E-state index contributed by atoms with van der Waals surface area (Å²) in [5.74, 6) is 1.26. The summed E-state index contributed by atoms with van der Waals surface area (Å²) >= 11 is 0. The van der Waals surface area contributed by atoms with E-state index in [1.807, 2.05) is 0 Å². The molecule has 4 rings (SSSR count). The smallest absolute Gasteiger partial charge is 0.104 e. The second-order valence-corrected chi connectivity index (χ2v) is 7.98. The first-order valence-corrected chi connectivity index (χ1v) is 10.0. The van der Waals surface area contributed by atoms with Crippen molar-refractivity contribution in [2.45, 2.75) is 31.2 Å². The van der Waals surface area contributed by atoms with Crippen LogP contribution in [0.3, 0.4) is 0 Å². The van der Waals surface area contributed by atoms with Gasteiger partial charge in [-0.2, -0.15) is 0 Å². The molecule has 3 saturated heterocycles. The maximum Gasteiger partial charge on any atom is 0.104 e. The van der Waals surface area contributed by atoms with Gasteiger partial charge in [-0.05, 0) is 18.8 Å². The first-order chi connectivity index (χ1) is 12.9. The topological polar surface area (TPSA) is 74.5 Å². The van der Waals surface area contributed by atoms with Crippen LogP contribution in [0.15, 0.2) is 0 Å². The summed E-state index contributed by atoms with van der Waals surface area (Å²) in [5.41, 5.74) is 0. The zero-order valence-electron chi connectivity index (χ0n) is 15.5. The monoisotopic (exact) mass is 372 g/mol. The summed E-state index contributed by atoms with van der Waals surface area (Å²) in [5, 5.41) is 0. The first-order valence-electron chi connectivity index (χ1n) is 10.0. The minimum atomic E-state index is 0.242. The Morgan fingerprint density at radius 2 is 0.923 bits per heavy atom. The fourth-order valence-electron chi connectivity index (χ4n) is 2.86. The Hall–Kier alpha value is -0.280. The normalized spacial score (nSPS) is 31.6. The van der Waals surface area contributed by atoms with Gasteiger partial charge in [0, 0.05) is 18.4 Å². The average molecular weight is 372 g/mol. The fourth-order valence-corrected chi connectivity index (χ4v) is 2.86. The lowest BCUT2D eigenvalue weighted by Crippen LogP contribution is -2.33. The highest BCUT2D eigenvalue weighted by Crippen LogP contribution is 2.29. The van der Waals surface area contributed by atoms with Crippen LogP contribution >= 0.6 is 0 Å².